The SMILES string of the molecule is CS(=O)(=O)CC(Nc1ncccn1)c1ccc(F)cc1. The van der Waals surface area contributed by atoms with Gasteiger partial charge in [-0.1, -0.05) is 12.1 Å². The van der Waals surface area contributed by atoms with Gasteiger partial charge >= 0.3 is 0 Å². The second-order valence-corrected chi connectivity index (χ2v) is 6.60. The van der Waals surface area contributed by atoms with Crippen LogP contribution in [-0.4, -0.2) is 30.4 Å². The minimum Gasteiger partial charge on any atom is -0.346 e. The average Bonchev–Trinajstić information content (AvgIpc) is 2.38. The van der Waals surface area contributed by atoms with E-state index < -0.39 is 15.9 Å². The zero-order valence-corrected chi connectivity index (χ0v) is 11.6. The Morgan fingerprint density at radius 1 is 1.20 bits per heavy atom. The van der Waals surface area contributed by atoms with Gasteiger partial charge in [-0.2, -0.15) is 0 Å². The zero-order chi connectivity index (χ0) is 14.6. The fourth-order valence-corrected chi connectivity index (χ4v) is 2.63. The molecular weight excluding hydrogens is 281 g/mol. The van der Waals surface area contributed by atoms with Crippen molar-refractivity contribution in [3.05, 3.63) is 54.1 Å². The van der Waals surface area contributed by atoms with Gasteiger partial charge in [0.05, 0.1) is 11.8 Å². The third kappa shape index (κ3) is 4.27. The molecule has 5 nitrogen and oxygen atoms in total. The first-order valence-corrected chi connectivity index (χ1v) is 7.97. The topological polar surface area (TPSA) is 72.0 Å². The van der Waals surface area contributed by atoms with Gasteiger partial charge in [0.15, 0.2) is 0 Å². The lowest BCUT2D eigenvalue weighted by Gasteiger charge is -2.18. The van der Waals surface area contributed by atoms with Crippen LogP contribution in [0, 0.1) is 5.82 Å². The van der Waals surface area contributed by atoms with Crippen molar-refractivity contribution >= 4 is 15.8 Å². The Morgan fingerprint density at radius 3 is 2.35 bits per heavy atom. The van der Waals surface area contributed by atoms with Crippen molar-refractivity contribution in [2.24, 2.45) is 0 Å². The molecule has 0 saturated heterocycles. The normalized spacial score (nSPS) is 12.9. The van der Waals surface area contributed by atoms with Crippen molar-refractivity contribution in [1.29, 1.82) is 0 Å². The smallest absolute Gasteiger partial charge is 0.223 e. The first kappa shape index (κ1) is 14.4. The van der Waals surface area contributed by atoms with E-state index in [0.29, 0.717) is 11.5 Å². The number of sulfone groups is 1. The van der Waals surface area contributed by atoms with Crippen LogP contribution >= 0.6 is 0 Å². The summed E-state index contributed by atoms with van der Waals surface area (Å²) in [6.07, 6.45) is 4.26. The Hall–Kier alpha value is -2.02. The summed E-state index contributed by atoms with van der Waals surface area (Å²) in [7, 11) is -3.21. The molecule has 1 unspecified atom stereocenters. The third-order valence-electron chi connectivity index (χ3n) is 2.61. The number of aromatic nitrogens is 2. The van der Waals surface area contributed by atoms with Gasteiger partial charge in [0.2, 0.25) is 5.95 Å². The van der Waals surface area contributed by atoms with Crippen molar-refractivity contribution in [3.8, 4) is 0 Å². The fraction of sp³-hybridized carbons (Fsp3) is 0.231. The quantitative estimate of drug-likeness (QED) is 0.911. The van der Waals surface area contributed by atoms with Gasteiger partial charge in [-0.25, -0.2) is 22.8 Å². The van der Waals surface area contributed by atoms with Crippen LogP contribution in [-0.2, 0) is 9.84 Å². The first-order chi connectivity index (χ1) is 9.44. The maximum absolute atomic E-state index is 13.0. The zero-order valence-electron chi connectivity index (χ0n) is 10.8. The lowest BCUT2D eigenvalue weighted by atomic mass is 10.1. The van der Waals surface area contributed by atoms with Crippen LogP contribution < -0.4 is 5.32 Å². The van der Waals surface area contributed by atoms with E-state index >= 15 is 0 Å². The van der Waals surface area contributed by atoms with Crippen molar-refractivity contribution in [3.63, 3.8) is 0 Å². The second-order valence-electron chi connectivity index (χ2n) is 4.41. The van der Waals surface area contributed by atoms with Crippen molar-refractivity contribution in [2.45, 2.75) is 6.04 Å². The molecule has 0 bridgehead atoms. The maximum Gasteiger partial charge on any atom is 0.223 e. The number of nitrogens with zero attached hydrogens (tertiary/aromatic N) is 2. The molecule has 0 amide bonds. The highest BCUT2D eigenvalue weighted by Crippen LogP contribution is 2.19. The van der Waals surface area contributed by atoms with Gasteiger partial charge in [0.25, 0.3) is 0 Å². The largest absolute Gasteiger partial charge is 0.346 e. The van der Waals surface area contributed by atoms with E-state index in [2.05, 4.69) is 15.3 Å². The summed E-state index contributed by atoms with van der Waals surface area (Å²) in [5.74, 6) is -0.176. The highest BCUT2D eigenvalue weighted by molar-refractivity contribution is 7.90. The van der Waals surface area contributed by atoms with E-state index in [1.54, 1.807) is 30.6 Å². The van der Waals surface area contributed by atoms with E-state index in [9.17, 15) is 12.8 Å². The number of rotatable bonds is 5. The highest BCUT2D eigenvalue weighted by atomic mass is 32.2. The molecule has 2 rings (SSSR count). The number of hydrogen-bond acceptors (Lipinski definition) is 5. The minimum absolute atomic E-state index is 0.128. The summed E-state index contributed by atoms with van der Waals surface area (Å²) in [5.41, 5.74) is 0.657. The summed E-state index contributed by atoms with van der Waals surface area (Å²) < 4.78 is 36.0. The molecule has 0 saturated carbocycles. The summed E-state index contributed by atoms with van der Waals surface area (Å²) in [6, 6.07) is 6.79. The van der Waals surface area contributed by atoms with Gasteiger partial charge in [-0.05, 0) is 23.8 Å². The monoisotopic (exact) mass is 295 g/mol. The Labute approximate surface area is 116 Å². The van der Waals surface area contributed by atoms with Crippen molar-refractivity contribution in [1.82, 2.24) is 9.97 Å². The molecule has 1 atom stereocenters. The summed E-state index contributed by atoms with van der Waals surface area (Å²) in [6.45, 7) is 0. The van der Waals surface area contributed by atoms with Gasteiger partial charge < -0.3 is 5.32 Å². The Balaban J connectivity index is 2.27. The number of nitrogens with one attached hydrogen (secondary N) is 1. The van der Waals surface area contributed by atoms with E-state index in [1.807, 2.05) is 0 Å². The molecular formula is C13H14FN3O2S. The molecule has 0 aliphatic heterocycles. The van der Waals surface area contributed by atoms with Crippen LogP contribution in [0.25, 0.3) is 0 Å². The number of benzene rings is 1. The Morgan fingerprint density at radius 2 is 1.80 bits per heavy atom. The van der Waals surface area contributed by atoms with Crippen LogP contribution in [0.2, 0.25) is 0 Å². The van der Waals surface area contributed by atoms with Gasteiger partial charge in [0, 0.05) is 18.6 Å². The Bertz CT molecular complexity index is 660. The second kappa shape index (κ2) is 5.96. The standard InChI is InChI=1S/C13H14FN3O2S/c1-20(18,19)9-12(10-3-5-11(14)6-4-10)17-13-15-7-2-8-16-13/h2-8,12H,9H2,1H3,(H,15,16,17). The molecule has 0 aliphatic rings. The van der Waals surface area contributed by atoms with Crippen LogP contribution in [0.5, 0.6) is 0 Å². The van der Waals surface area contributed by atoms with Crippen molar-refractivity contribution < 1.29 is 12.8 Å². The number of halogens is 1. The average molecular weight is 295 g/mol. The lowest BCUT2D eigenvalue weighted by Crippen LogP contribution is -2.21. The molecule has 0 fully saturated rings. The molecule has 7 heteroatoms. The van der Waals surface area contributed by atoms with Gasteiger partial charge in [0.1, 0.15) is 15.7 Å². The summed E-state index contributed by atoms with van der Waals surface area (Å²) in [5, 5.41) is 2.95. The molecule has 1 aromatic heterocycles. The lowest BCUT2D eigenvalue weighted by molar-refractivity contribution is 0.596. The first-order valence-electron chi connectivity index (χ1n) is 5.91. The molecule has 1 heterocycles. The molecule has 0 radical (unpaired) electrons. The Kier molecular flexibility index (Phi) is 4.29. The van der Waals surface area contributed by atoms with E-state index in [0.717, 1.165) is 6.26 Å². The minimum atomic E-state index is -3.21. The van der Waals surface area contributed by atoms with E-state index in [-0.39, 0.29) is 11.6 Å². The number of hydrogen-bond donors (Lipinski definition) is 1. The van der Waals surface area contributed by atoms with Gasteiger partial charge in [-0.3, -0.25) is 0 Å². The van der Waals surface area contributed by atoms with Crippen LogP contribution in [0.1, 0.15) is 11.6 Å². The van der Waals surface area contributed by atoms with Crippen LogP contribution in [0.15, 0.2) is 42.7 Å². The maximum atomic E-state index is 13.0. The molecule has 1 aromatic carbocycles. The molecule has 1 N–H and O–H groups in total. The van der Waals surface area contributed by atoms with Gasteiger partial charge in [-0.15, -0.1) is 0 Å². The van der Waals surface area contributed by atoms with Crippen LogP contribution in [0.3, 0.4) is 0 Å². The summed E-state index contributed by atoms with van der Waals surface area (Å²) in [4.78, 5) is 8.00. The molecule has 2 aromatic rings. The molecule has 0 aliphatic carbocycles. The predicted octanol–water partition coefficient (Wildman–Crippen LogP) is 1.81. The predicted molar refractivity (Wildman–Crippen MR) is 74.5 cm³/mol. The molecule has 0 spiro atoms. The van der Waals surface area contributed by atoms with Crippen molar-refractivity contribution in [2.75, 3.05) is 17.3 Å². The van der Waals surface area contributed by atoms with E-state index in [4.69, 9.17) is 0 Å². The number of anilines is 1. The molecule has 20 heavy (non-hydrogen) atoms. The molecule has 106 valence electrons. The van der Waals surface area contributed by atoms with E-state index in [1.165, 1.54) is 12.1 Å². The summed E-state index contributed by atoms with van der Waals surface area (Å²) >= 11 is 0. The highest BCUT2D eigenvalue weighted by Gasteiger charge is 2.18. The van der Waals surface area contributed by atoms with Crippen LogP contribution in [0.4, 0.5) is 10.3 Å². The third-order valence-corrected chi connectivity index (χ3v) is 3.55. The fourth-order valence-electron chi connectivity index (χ4n) is 1.75.